The van der Waals surface area contributed by atoms with Crippen LogP contribution in [0, 0.1) is 15.3 Å². The highest BCUT2D eigenvalue weighted by Gasteiger charge is 2.30. The molecule has 1 fully saturated rings. The third-order valence-corrected chi connectivity index (χ3v) is 3.12. The third-order valence-electron chi connectivity index (χ3n) is 2.45. The molecule has 1 aromatic carbocycles. The molecule has 1 saturated carbocycles. The first-order chi connectivity index (χ1) is 6.18. The SMILES string of the molecule is Cl.N[C@H](c1cc(I)ccc1F)C1CC1. The van der Waals surface area contributed by atoms with E-state index in [1.165, 1.54) is 6.07 Å². The Labute approximate surface area is 103 Å². The minimum absolute atomic E-state index is 0. The second-order valence-electron chi connectivity index (χ2n) is 3.53. The van der Waals surface area contributed by atoms with Crippen molar-refractivity contribution < 1.29 is 4.39 Å². The molecule has 1 aliphatic carbocycles. The molecule has 14 heavy (non-hydrogen) atoms. The fraction of sp³-hybridized carbons (Fsp3) is 0.400. The zero-order valence-corrected chi connectivity index (χ0v) is 10.5. The van der Waals surface area contributed by atoms with Gasteiger partial charge in [0.1, 0.15) is 5.82 Å². The van der Waals surface area contributed by atoms with Crippen LogP contribution in [0.3, 0.4) is 0 Å². The molecule has 1 nitrogen and oxygen atoms in total. The van der Waals surface area contributed by atoms with Crippen LogP contribution < -0.4 is 5.73 Å². The molecular formula is C10H12ClFIN. The average molecular weight is 328 g/mol. The number of hydrogen-bond acceptors (Lipinski definition) is 1. The van der Waals surface area contributed by atoms with Gasteiger partial charge < -0.3 is 5.73 Å². The van der Waals surface area contributed by atoms with Gasteiger partial charge in [-0.15, -0.1) is 12.4 Å². The lowest BCUT2D eigenvalue weighted by molar-refractivity contribution is 0.553. The number of nitrogens with two attached hydrogens (primary N) is 1. The van der Waals surface area contributed by atoms with Crippen LogP contribution >= 0.6 is 35.0 Å². The largest absolute Gasteiger partial charge is 0.324 e. The van der Waals surface area contributed by atoms with Gasteiger partial charge in [0.2, 0.25) is 0 Å². The smallest absolute Gasteiger partial charge is 0.128 e. The van der Waals surface area contributed by atoms with Crippen LogP contribution in [0.4, 0.5) is 4.39 Å². The van der Waals surface area contributed by atoms with E-state index in [9.17, 15) is 4.39 Å². The molecular weight excluding hydrogens is 315 g/mol. The molecule has 0 amide bonds. The normalized spacial score (nSPS) is 17.4. The summed E-state index contributed by atoms with van der Waals surface area (Å²) in [5, 5.41) is 0. The van der Waals surface area contributed by atoms with Crippen molar-refractivity contribution in [1.82, 2.24) is 0 Å². The van der Waals surface area contributed by atoms with Crippen molar-refractivity contribution in [2.75, 3.05) is 0 Å². The summed E-state index contributed by atoms with van der Waals surface area (Å²) >= 11 is 2.18. The average Bonchev–Trinajstić information content (AvgIpc) is 2.91. The van der Waals surface area contributed by atoms with Gasteiger partial charge in [0.25, 0.3) is 0 Å². The van der Waals surface area contributed by atoms with E-state index in [2.05, 4.69) is 22.6 Å². The van der Waals surface area contributed by atoms with Crippen molar-refractivity contribution in [3.63, 3.8) is 0 Å². The van der Waals surface area contributed by atoms with Gasteiger partial charge in [0.15, 0.2) is 0 Å². The van der Waals surface area contributed by atoms with Crippen molar-refractivity contribution in [2.45, 2.75) is 18.9 Å². The maximum absolute atomic E-state index is 13.3. The van der Waals surface area contributed by atoms with Gasteiger partial charge in [-0.25, -0.2) is 4.39 Å². The van der Waals surface area contributed by atoms with E-state index in [4.69, 9.17) is 5.73 Å². The quantitative estimate of drug-likeness (QED) is 0.829. The number of hydrogen-bond donors (Lipinski definition) is 1. The Bertz CT molecular complexity index is 328. The minimum Gasteiger partial charge on any atom is -0.324 e. The van der Waals surface area contributed by atoms with E-state index in [0.29, 0.717) is 11.5 Å². The van der Waals surface area contributed by atoms with Gasteiger partial charge in [-0.3, -0.25) is 0 Å². The summed E-state index contributed by atoms with van der Waals surface area (Å²) in [7, 11) is 0. The second-order valence-corrected chi connectivity index (χ2v) is 4.77. The highest BCUT2D eigenvalue weighted by molar-refractivity contribution is 14.1. The van der Waals surface area contributed by atoms with E-state index in [0.717, 1.165) is 16.4 Å². The van der Waals surface area contributed by atoms with E-state index in [1.807, 2.05) is 6.07 Å². The van der Waals surface area contributed by atoms with Crippen molar-refractivity contribution in [3.8, 4) is 0 Å². The number of rotatable bonds is 2. The van der Waals surface area contributed by atoms with Crippen LogP contribution in [-0.4, -0.2) is 0 Å². The lowest BCUT2D eigenvalue weighted by Crippen LogP contribution is -2.14. The monoisotopic (exact) mass is 327 g/mol. The molecule has 0 aromatic heterocycles. The highest BCUT2D eigenvalue weighted by atomic mass is 127. The molecule has 0 radical (unpaired) electrons. The Kier molecular flexibility index (Phi) is 4.15. The fourth-order valence-electron chi connectivity index (χ4n) is 1.48. The molecule has 78 valence electrons. The van der Waals surface area contributed by atoms with E-state index in [-0.39, 0.29) is 24.3 Å². The molecule has 4 heteroatoms. The summed E-state index contributed by atoms with van der Waals surface area (Å²) in [4.78, 5) is 0. The second kappa shape index (κ2) is 4.77. The lowest BCUT2D eigenvalue weighted by Gasteiger charge is -2.11. The van der Waals surface area contributed by atoms with E-state index >= 15 is 0 Å². The summed E-state index contributed by atoms with van der Waals surface area (Å²) in [6.07, 6.45) is 2.29. The first kappa shape index (κ1) is 12.2. The molecule has 0 bridgehead atoms. The van der Waals surface area contributed by atoms with Crippen molar-refractivity contribution in [1.29, 1.82) is 0 Å². The van der Waals surface area contributed by atoms with Gasteiger partial charge in [-0.2, -0.15) is 0 Å². The standard InChI is InChI=1S/C10H11FIN.ClH/c11-9-4-3-7(12)5-8(9)10(13)6-1-2-6;/h3-6,10H,1-2,13H2;1H/t10-;/m0./s1. The highest BCUT2D eigenvalue weighted by Crippen LogP contribution is 2.40. The van der Waals surface area contributed by atoms with Crippen molar-refractivity contribution in [2.24, 2.45) is 11.7 Å². The van der Waals surface area contributed by atoms with Crippen LogP contribution in [0.5, 0.6) is 0 Å². The topological polar surface area (TPSA) is 26.0 Å². The minimum atomic E-state index is -0.167. The Balaban J connectivity index is 0.000000980. The first-order valence-corrected chi connectivity index (χ1v) is 5.47. The Morgan fingerprint density at radius 3 is 2.64 bits per heavy atom. The van der Waals surface area contributed by atoms with Crippen molar-refractivity contribution in [3.05, 3.63) is 33.1 Å². The summed E-state index contributed by atoms with van der Waals surface area (Å²) in [5.41, 5.74) is 6.60. The van der Waals surface area contributed by atoms with Crippen LogP contribution in [0.15, 0.2) is 18.2 Å². The Hall–Kier alpha value is 0.130. The third kappa shape index (κ3) is 2.58. The summed E-state index contributed by atoms with van der Waals surface area (Å²) in [6.45, 7) is 0. The first-order valence-electron chi connectivity index (χ1n) is 4.39. The number of benzene rings is 1. The van der Waals surface area contributed by atoms with Crippen LogP contribution in [0.1, 0.15) is 24.4 Å². The van der Waals surface area contributed by atoms with Gasteiger partial charge in [-0.1, -0.05) is 0 Å². The maximum Gasteiger partial charge on any atom is 0.128 e. The summed E-state index contributed by atoms with van der Waals surface area (Å²) in [6, 6.07) is 5.01. The molecule has 0 unspecified atom stereocenters. The molecule has 1 aromatic rings. The summed E-state index contributed by atoms with van der Waals surface area (Å²) < 4.78 is 14.4. The molecule has 2 rings (SSSR count). The fourth-order valence-corrected chi connectivity index (χ4v) is 1.99. The number of halogens is 3. The van der Waals surface area contributed by atoms with E-state index < -0.39 is 0 Å². The zero-order chi connectivity index (χ0) is 9.42. The maximum atomic E-state index is 13.3. The molecule has 1 aliphatic rings. The zero-order valence-electron chi connectivity index (χ0n) is 7.54. The molecule has 0 spiro atoms. The Morgan fingerprint density at radius 2 is 2.07 bits per heavy atom. The van der Waals surface area contributed by atoms with Gasteiger partial charge in [0, 0.05) is 15.2 Å². The van der Waals surface area contributed by atoms with Crippen LogP contribution in [0.2, 0.25) is 0 Å². The Morgan fingerprint density at radius 1 is 1.43 bits per heavy atom. The van der Waals surface area contributed by atoms with Gasteiger partial charge in [-0.05, 0) is 59.5 Å². The van der Waals surface area contributed by atoms with Crippen molar-refractivity contribution >= 4 is 35.0 Å². The summed E-state index contributed by atoms with van der Waals surface area (Å²) in [5.74, 6) is 0.340. The van der Waals surface area contributed by atoms with Crippen LogP contribution in [-0.2, 0) is 0 Å². The predicted octanol–water partition coefficient (Wildman–Crippen LogP) is 3.26. The molecule has 1 atom stereocenters. The molecule has 0 heterocycles. The molecule has 0 aliphatic heterocycles. The predicted molar refractivity (Wildman–Crippen MR) is 66.0 cm³/mol. The molecule has 0 saturated heterocycles. The van der Waals surface area contributed by atoms with E-state index in [1.54, 1.807) is 6.07 Å². The van der Waals surface area contributed by atoms with Gasteiger partial charge in [0.05, 0.1) is 0 Å². The van der Waals surface area contributed by atoms with Crippen LogP contribution in [0.25, 0.3) is 0 Å². The van der Waals surface area contributed by atoms with Gasteiger partial charge >= 0.3 is 0 Å². The molecule has 2 N–H and O–H groups in total. The lowest BCUT2D eigenvalue weighted by atomic mass is 10.0.